The van der Waals surface area contributed by atoms with Gasteiger partial charge in [0.15, 0.2) is 5.78 Å². The second-order valence-electron chi connectivity index (χ2n) is 5.84. The van der Waals surface area contributed by atoms with Crippen LogP contribution in [0.25, 0.3) is 0 Å². The van der Waals surface area contributed by atoms with Crippen molar-refractivity contribution in [2.24, 2.45) is 0 Å². The van der Waals surface area contributed by atoms with Crippen LogP contribution in [0, 0.1) is 0 Å². The van der Waals surface area contributed by atoms with Crippen LogP contribution in [0.4, 0.5) is 4.79 Å². The van der Waals surface area contributed by atoms with Gasteiger partial charge in [-0.2, -0.15) is 0 Å². The standard InChI is InChI=1S/C16H22N2O4S/c1-12(19)13-8-10-15(11-9-13)23(21,22)18(2)16(20)17-14-6-4-3-5-7-14/h8-11,14H,3-7H2,1-2H3,(H,17,20). The Balaban J connectivity index is 2.10. The Bertz CT molecular complexity index is 677. The zero-order valence-electron chi connectivity index (χ0n) is 13.4. The van der Waals surface area contributed by atoms with Gasteiger partial charge in [-0.3, -0.25) is 4.79 Å². The maximum atomic E-state index is 12.5. The molecule has 6 nitrogen and oxygen atoms in total. The molecule has 1 aliphatic carbocycles. The maximum Gasteiger partial charge on any atom is 0.331 e. The number of hydrogen-bond donors (Lipinski definition) is 1. The molecule has 0 aliphatic heterocycles. The fourth-order valence-corrected chi connectivity index (χ4v) is 3.71. The first-order valence-corrected chi connectivity index (χ1v) is 9.17. The largest absolute Gasteiger partial charge is 0.334 e. The first kappa shape index (κ1) is 17.5. The van der Waals surface area contributed by atoms with Crippen molar-refractivity contribution in [3.63, 3.8) is 0 Å². The summed E-state index contributed by atoms with van der Waals surface area (Å²) in [5.41, 5.74) is 0.429. The van der Waals surface area contributed by atoms with Gasteiger partial charge in [-0.15, -0.1) is 0 Å². The van der Waals surface area contributed by atoms with E-state index < -0.39 is 16.1 Å². The number of nitrogens with one attached hydrogen (secondary N) is 1. The summed E-state index contributed by atoms with van der Waals surface area (Å²) in [5, 5.41) is 2.78. The van der Waals surface area contributed by atoms with Crippen LogP contribution in [0.2, 0.25) is 0 Å². The van der Waals surface area contributed by atoms with Gasteiger partial charge in [-0.1, -0.05) is 31.4 Å². The molecule has 0 aromatic heterocycles. The molecule has 7 heteroatoms. The van der Waals surface area contributed by atoms with Crippen molar-refractivity contribution in [1.29, 1.82) is 0 Å². The van der Waals surface area contributed by atoms with E-state index in [1.165, 1.54) is 38.2 Å². The molecule has 1 aromatic rings. The summed E-state index contributed by atoms with van der Waals surface area (Å²) < 4.78 is 25.7. The summed E-state index contributed by atoms with van der Waals surface area (Å²) in [5.74, 6) is -0.141. The molecule has 1 fully saturated rings. The van der Waals surface area contributed by atoms with Gasteiger partial charge in [0, 0.05) is 18.7 Å². The molecule has 1 saturated carbocycles. The van der Waals surface area contributed by atoms with Crippen LogP contribution in [0.1, 0.15) is 49.4 Å². The summed E-state index contributed by atoms with van der Waals surface area (Å²) in [6.07, 6.45) is 5.02. The number of sulfonamides is 1. The van der Waals surface area contributed by atoms with E-state index in [-0.39, 0.29) is 16.7 Å². The fourth-order valence-electron chi connectivity index (χ4n) is 2.64. The van der Waals surface area contributed by atoms with E-state index in [4.69, 9.17) is 0 Å². The van der Waals surface area contributed by atoms with Crippen molar-refractivity contribution in [2.45, 2.75) is 50.0 Å². The quantitative estimate of drug-likeness (QED) is 0.855. The van der Waals surface area contributed by atoms with Crippen molar-refractivity contribution in [3.05, 3.63) is 29.8 Å². The molecule has 2 amide bonds. The molecule has 1 aliphatic rings. The van der Waals surface area contributed by atoms with Crippen LogP contribution in [0.5, 0.6) is 0 Å². The number of ketones is 1. The SMILES string of the molecule is CC(=O)c1ccc(S(=O)(=O)N(C)C(=O)NC2CCCCC2)cc1. The van der Waals surface area contributed by atoms with E-state index >= 15 is 0 Å². The predicted molar refractivity (Wildman–Crippen MR) is 86.8 cm³/mol. The Labute approximate surface area is 136 Å². The number of nitrogens with zero attached hydrogens (tertiary/aromatic N) is 1. The van der Waals surface area contributed by atoms with Gasteiger partial charge in [0.25, 0.3) is 10.0 Å². The molecule has 0 saturated heterocycles. The first-order valence-electron chi connectivity index (χ1n) is 7.73. The van der Waals surface area contributed by atoms with Crippen molar-refractivity contribution in [1.82, 2.24) is 9.62 Å². The monoisotopic (exact) mass is 338 g/mol. The average molecular weight is 338 g/mol. The van der Waals surface area contributed by atoms with Gasteiger partial charge in [-0.25, -0.2) is 17.5 Å². The third kappa shape index (κ3) is 4.10. The molecule has 0 unspecified atom stereocenters. The lowest BCUT2D eigenvalue weighted by Crippen LogP contribution is -2.46. The highest BCUT2D eigenvalue weighted by Gasteiger charge is 2.27. The summed E-state index contributed by atoms with van der Waals surface area (Å²) in [4.78, 5) is 23.4. The number of amides is 2. The third-order valence-electron chi connectivity index (χ3n) is 4.14. The Morgan fingerprint density at radius 2 is 1.65 bits per heavy atom. The number of urea groups is 1. The van der Waals surface area contributed by atoms with E-state index in [9.17, 15) is 18.0 Å². The summed E-state index contributed by atoms with van der Waals surface area (Å²) in [7, 11) is -2.68. The highest BCUT2D eigenvalue weighted by atomic mass is 32.2. The van der Waals surface area contributed by atoms with E-state index in [0.29, 0.717) is 5.56 Å². The minimum absolute atomic E-state index is 0.0104. The zero-order valence-corrected chi connectivity index (χ0v) is 14.2. The molecule has 0 radical (unpaired) electrons. The number of benzene rings is 1. The van der Waals surface area contributed by atoms with Gasteiger partial charge in [0.2, 0.25) is 0 Å². The van der Waals surface area contributed by atoms with Gasteiger partial charge < -0.3 is 5.32 Å². The number of Topliss-reactive ketones (excluding diaryl/α,β-unsaturated/α-hetero) is 1. The van der Waals surface area contributed by atoms with Crippen LogP contribution < -0.4 is 5.32 Å². The van der Waals surface area contributed by atoms with E-state index in [1.54, 1.807) is 0 Å². The molecular formula is C16H22N2O4S. The van der Waals surface area contributed by atoms with Crippen LogP contribution in [0.3, 0.4) is 0 Å². The Morgan fingerprint density at radius 1 is 1.09 bits per heavy atom. The second-order valence-corrected chi connectivity index (χ2v) is 7.81. The van der Waals surface area contributed by atoms with E-state index in [0.717, 1.165) is 36.4 Å². The lowest BCUT2D eigenvalue weighted by molar-refractivity contribution is 0.101. The molecule has 23 heavy (non-hydrogen) atoms. The summed E-state index contributed by atoms with van der Waals surface area (Å²) in [6, 6.07) is 5.00. The van der Waals surface area contributed by atoms with Crippen molar-refractivity contribution in [3.8, 4) is 0 Å². The highest BCUT2D eigenvalue weighted by Crippen LogP contribution is 2.19. The van der Waals surface area contributed by atoms with E-state index in [1.807, 2.05) is 0 Å². The summed E-state index contributed by atoms with van der Waals surface area (Å²) >= 11 is 0. The molecule has 126 valence electrons. The summed E-state index contributed by atoms with van der Waals surface area (Å²) in [6.45, 7) is 1.41. The molecule has 0 spiro atoms. The van der Waals surface area contributed by atoms with E-state index in [2.05, 4.69) is 5.32 Å². The van der Waals surface area contributed by atoms with Crippen molar-refractivity contribution < 1.29 is 18.0 Å². The van der Waals surface area contributed by atoms with Crippen molar-refractivity contribution in [2.75, 3.05) is 7.05 Å². The van der Waals surface area contributed by atoms with Gasteiger partial charge in [0.05, 0.1) is 4.90 Å². The number of hydrogen-bond acceptors (Lipinski definition) is 4. The number of carbonyl (C=O) groups excluding carboxylic acids is 2. The normalized spacial score (nSPS) is 15.9. The third-order valence-corrected chi connectivity index (χ3v) is 5.89. The smallest absolute Gasteiger partial charge is 0.331 e. The lowest BCUT2D eigenvalue weighted by atomic mass is 9.96. The Hall–Kier alpha value is -1.89. The fraction of sp³-hybridized carbons (Fsp3) is 0.500. The van der Waals surface area contributed by atoms with Crippen LogP contribution in [-0.4, -0.2) is 37.6 Å². The molecule has 0 heterocycles. The minimum atomic E-state index is -3.92. The average Bonchev–Trinajstić information content (AvgIpc) is 2.55. The Morgan fingerprint density at radius 3 is 2.17 bits per heavy atom. The predicted octanol–water partition coefficient (Wildman–Crippen LogP) is 2.55. The number of rotatable bonds is 4. The molecule has 2 rings (SSSR count). The maximum absolute atomic E-state index is 12.5. The molecule has 1 N–H and O–H groups in total. The molecule has 0 bridgehead atoms. The van der Waals surface area contributed by atoms with Crippen LogP contribution in [0.15, 0.2) is 29.2 Å². The Kier molecular flexibility index (Phi) is 5.41. The lowest BCUT2D eigenvalue weighted by Gasteiger charge is -2.26. The molecular weight excluding hydrogens is 316 g/mol. The number of carbonyl (C=O) groups is 2. The second kappa shape index (κ2) is 7.12. The zero-order chi connectivity index (χ0) is 17.0. The first-order chi connectivity index (χ1) is 10.8. The van der Waals surface area contributed by atoms with Crippen LogP contribution >= 0.6 is 0 Å². The highest BCUT2D eigenvalue weighted by molar-refractivity contribution is 7.89. The molecule has 1 aromatic carbocycles. The van der Waals surface area contributed by atoms with Crippen LogP contribution in [-0.2, 0) is 10.0 Å². The van der Waals surface area contributed by atoms with Gasteiger partial charge in [-0.05, 0) is 31.9 Å². The van der Waals surface area contributed by atoms with Gasteiger partial charge in [0.1, 0.15) is 0 Å². The van der Waals surface area contributed by atoms with Crippen molar-refractivity contribution >= 4 is 21.8 Å². The topological polar surface area (TPSA) is 83.6 Å². The molecule has 0 atom stereocenters. The minimum Gasteiger partial charge on any atom is -0.334 e. The van der Waals surface area contributed by atoms with Gasteiger partial charge >= 0.3 is 6.03 Å².